The van der Waals surface area contributed by atoms with E-state index < -0.39 is 0 Å². The lowest BCUT2D eigenvalue weighted by atomic mass is 9.96. The van der Waals surface area contributed by atoms with Gasteiger partial charge in [0.15, 0.2) is 5.96 Å². The first-order valence-corrected chi connectivity index (χ1v) is 9.11. The molecule has 1 aliphatic carbocycles. The number of nitrogens with one attached hydrogen (secondary N) is 2. The van der Waals surface area contributed by atoms with Crippen LogP contribution in [0.2, 0.25) is 0 Å². The monoisotopic (exact) mass is 346 g/mol. The van der Waals surface area contributed by atoms with Gasteiger partial charge in [0.1, 0.15) is 10.8 Å². The van der Waals surface area contributed by atoms with Crippen molar-refractivity contribution >= 4 is 17.3 Å². The lowest BCUT2D eigenvalue weighted by molar-refractivity contribution is 0.617. The number of benzene rings is 1. The van der Waals surface area contributed by atoms with Gasteiger partial charge in [-0.15, -0.1) is 11.3 Å². The number of nitrogens with zero attached hydrogens (tertiary/aromatic N) is 2. The second-order valence-electron chi connectivity index (χ2n) is 6.14. The molecule has 6 heteroatoms. The number of guanidine groups is 1. The van der Waals surface area contributed by atoms with Crippen LogP contribution in [0.15, 0.2) is 35.5 Å². The molecule has 3 rings (SSSR count). The zero-order valence-corrected chi connectivity index (χ0v) is 14.9. The summed E-state index contributed by atoms with van der Waals surface area (Å²) in [6.07, 6.45) is 5.19. The fraction of sp³-hybridized carbons (Fsp3) is 0.444. The highest BCUT2D eigenvalue weighted by atomic mass is 32.1. The molecule has 0 bridgehead atoms. The molecule has 0 atom stereocenters. The Hall–Kier alpha value is -1.95. The van der Waals surface area contributed by atoms with E-state index in [4.69, 9.17) is 0 Å². The van der Waals surface area contributed by atoms with E-state index in [0.29, 0.717) is 6.54 Å². The first kappa shape index (κ1) is 16.9. The smallest absolute Gasteiger partial charge is 0.191 e. The Kier molecular flexibility index (Phi) is 5.14. The molecule has 1 heterocycles. The van der Waals surface area contributed by atoms with Crippen LogP contribution in [0.1, 0.15) is 35.2 Å². The summed E-state index contributed by atoms with van der Waals surface area (Å²) in [7, 11) is 1.77. The van der Waals surface area contributed by atoms with Crippen LogP contribution in [0.5, 0.6) is 0 Å². The summed E-state index contributed by atoms with van der Waals surface area (Å²) in [5.41, 5.74) is 1.31. The number of hydrogen-bond acceptors (Lipinski definition) is 3. The van der Waals surface area contributed by atoms with Gasteiger partial charge in [-0.05, 0) is 37.0 Å². The Morgan fingerprint density at radius 1 is 1.29 bits per heavy atom. The van der Waals surface area contributed by atoms with Crippen LogP contribution in [-0.2, 0) is 18.4 Å². The zero-order valence-electron chi connectivity index (χ0n) is 14.1. The quantitative estimate of drug-likeness (QED) is 0.624. The standard InChI is InChI=1S/C18H23FN4S/c1-3-15-10-21-16(24-15)11-22-17(20-2)23-12-18(8-9-18)13-4-6-14(19)7-5-13/h4-7,10H,3,8-9,11-12H2,1-2H3,(H2,20,22,23). The summed E-state index contributed by atoms with van der Waals surface area (Å²) < 4.78 is 13.1. The predicted octanol–water partition coefficient (Wildman–Crippen LogP) is 3.24. The molecule has 1 aromatic heterocycles. The number of halogens is 1. The summed E-state index contributed by atoms with van der Waals surface area (Å²) >= 11 is 1.73. The van der Waals surface area contributed by atoms with Crippen molar-refractivity contribution in [3.05, 3.63) is 51.7 Å². The van der Waals surface area contributed by atoms with Gasteiger partial charge in [0, 0.05) is 30.1 Å². The normalized spacial score (nSPS) is 16.0. The van der Waals surface area contributed by atoms with Crippen molar-refractivity contribution in [1.29, 1.82) is 0 Å². The maximum absolute atomic E-state index is 13.1. The average molecular weight is 346 g/mol. The molecule has 24 heavy (non-hydrogen) atoms. The third-order valence-corrected chi connectivity index (χ3v) is 5.63. The van der Waals surface area contributed by atoms with E-state index in [1.807, 2.05) is 18.3 Å². The largest absolute Gasteiger partial charge is 0.356 e. The Labute approximate surface area is 146 Å². The molecule has 1 aromatic carbocycles. The van der Waals surface area contributed by atoms with Crippen LogP contribution in [-0.4, -0.2) is 24.5 Å². The fourth-order valence-electron chi connectivity index (χ4n) is 2.75. The van der Waals surface area contributed by atoms with E-state index in [9.17, 15) is 4.39 Å². The number of thiazole rings is 1. The molecule has 128 valence electrons. The van der Waals surface area contributed by atoms with Gasteiger partial charge >= 0.3 is 0 Å². The van der Waals surface area contributed by atoms with Crippen LogP contribution < -0.4 is 10.6 Å². The van der Waals surface area contributed by atoms with Gasteiger partial charge in [-0.1, -0.05) is 19.1 Å². The van der Waals surface area contributed by atoms with Crippen molar-refractivity contribution < 1.29 is 4.39 Å². The van der Waals surface area contributed by atoms with Crippen LogP contribution in [0.25, 0.3) is 0 Å². The van der Waals surface area contributed by atoms with E-state index in [-0.39, 0.29) is 11.2 Å². The summed E-state index contributed by atoms with van der Waals surface area (Å²) in [4.78, 5) is 9.98. The van der Waals surface area contributed by atoms with Gasteiger partial charge < -0.3 is 10.6 Å². The first-order valence-electron chi connectivity index (χ1n) is 8.29. The van der Waals surface area contributed by atoms with Crippen LogP contribution in [0.3, 0.4) is 0 Å². The van der Waals surface area contributed by atoms with Crippen LogP contribution >= 0.6 is 11.3 Å². The zero-order chi connectivity index (χ0) is 17.0. The molecule has 0 saturated heterocycles. The molecule has 0 amide bonds. The summed E-state index contributed by atoms with van der Waals surface area (Å²) in [5, 5.41) is 7.77. The summed E-state index contributed by atoms with van der Waals surface area (Å²) in [6, 6.07) is 6.86. The Balaban J connectivity index is 1.53. The lowest BCUT2D eigenvalue weighted by Gasteiger charge is -2.19. The van der Waals surface area contributed by atoms with Gasteiger partial charge in [-0.3, -0.25) is 4.99 Å². The number of aromatic nitrogens is 1. The molecule has 1 saturated carbocycles. The molecule has 1 aliphatic rings. The van der Waals surface area contributed by atoms with Crippen LogP contribution in [0, 0.1) is 5.82 Å². The van der Waals surface area contributed by atoms with Crippen molar-refractivity contribution in [2.24, 2.45) is 4.99 Å². The van der Waals surface area contributed by atoms with Gasteiger partial charge in [0.2, 0.25) is 0 Å². The Bertz CT molecular complexity index is 704. The molecule has 2 aromatic rings. The number of aliphatic imine (C=N–C) groups is 1. The topological polar surface area (TPSA) is 49.3 Å². The van der Waals surface area contributed by atoms with Gasteiger partial charge in [-0.2, -0.15) is 0 Å². The highest BCUT2D eigenvalue weighted by Gasteiger charge is 2.44. The molecule has 0 spiro atoms. The lowest BCUT2D eigenvalue weighted by Crippen LogP contribution is -2.40. The van der Waals surface area contributed by atoms with Crippen molar-refractivity contribution in [2.45, 2.75) is 38.1 Å². The SMILES string of the molecule is CCc1cnc(CNC(=NC)NCC2(c3ccc(F)cc3)CC2)s1. The van der Waals surface area contributed by atoms with E-state index in [1.165, 1.54) is 22.6 Å². The van der Waals surface area contributed by atoms with Crippen molar-refractivity contribution in [3.8, 4) is 0 Å². The molecular weight excluding hydrogens is 323 g/mol. The highest BCUT2D eigenvalue weighted by Crippen LogP contribution is 2.47. The van der Waals surface area contributed by atoms with Crippen molar-refractivity contribution in [2.75, 3.05) is 13.6 Å². The van der Waals surface area contributed by atoms with Gasteiger partial charge in [-0.25, -0.2) is 9.37 Å². The van der Waals surface area contributed by atoms with Gasteiger partial charge in [0.05, 0.1) is 6.54 Å². The van der Waals surface area contributed by atoms with E-state index in [1.54, 1.807) is 18.4 Å². The minimum atomic E-state index is -0.185. The number of rotatable bonds is 6. The second kappa shape index (κ2) is 7.30. The maximum atomic E-state index is 13.1. The molecule has 2 N–H and O–H groups in total. The van der Waals surface area contributed by atoms with Crippen LogP contribution in [0.4, 0.5) is 4.39 Å². The third kappa shape index (κ3) is 3.93. The van der Waals surface area contributed by atoms with E-state index in [2.05, 4.69) is 27.5 Å². The summed E-state index contributed by atoms with van der Waals surface area (Å²) in [5.74, 6) is 0.589. The molecule has 4 nitrogen and oxygen atoms in total. The summed E-state index contributed by atoms with van der Waals surface area (Å²) in [6.45, 7) is 3.61. The predicted molar refractivity (Wildman–Crippen MR) is 97.0 cm³/mol. The van der Waals surface area contributed by atoms with Crippen molar-refractivity contribution in [3.63, 3.8) is 0 Å². The molecule has 0 unspecified atom stereocenters. The molecule has 0 radical (unpaired) electrons. The van der Waals surface area contributed by atoms with E-state index >= 15 is 0 Å². The minimum Gasteiger partial charge on any atom is -0.356 e. The Morgan fingerprint density at radius 3 is 2.62 bits per heavy atom. The molecule has 1 fully saturated rings. The average Bonchev–Trinajstić information content (AvgIpc) is 3.25. The third-order valence-electron chi connectivity index (χ3n) is 4.48. The Morgan fingerprint density at radius 2 is 2.04 bits per heavy atom. The van der Waals surface area contributed by atoms with Crippen molar-refractivity contribution in [1.82, 2.24) is 15.6 Å². The fourth-order valence-corrected chi connectivity index (χ4v) is 3.55. The number of hydrogen-bond donors (Lipinski definition) is 2. The first-order chi connectivity index (χ1) is 11.6. The second-order valence-corrected chi connectivity index (χ2v) is 7.34. The molecular formula is C18H23FN4S. The van der Waals surface area contributed by atoms with Gasteiger partial charge in [0.25, 0.3) is 0 Å². The molecule has 0 aliphatic heterocycles. The minimum absolute atomic E-state index is 0.113. The maximum Gasteiger partial charge on any atom is 0.191 e. The van der Waals surface area contributed by atoms with E-state index in [0.717, 1.165) is 36.8 Å². The number of aryl methyl sites for hydroxylation is 1. The highest BCUT2D eigenvalue weighted by molar-refractivity contribution is 7.11.